The molecule has 25 heavy (non-hydrogen) atoms. The summed E-state index contributed by atoms with van der Waals surface area (Å²) < 4.78 is 6.57. The molecule has 0 aromatic carbocycles. The molecule has 1 amide bonds. The Morgan fingerprint density at radius 1 is 1.28 bits per heavy atom. The Morgan fingerprint density at radius 3 is 2.68 bits per heavy atom. The van der Waals surface area contributed by atoms with E-state index in [4.69, 9.17) is 10.5 Å². The van der Waals surface area contributed by atoms with Gasteiger partial charge in [-0.05, 0) is 18.2 Å². The second-order valence-corrected chi connectivity index (χ2v) is 5.53. The zero-order chi connectivity index (χ0) is 18.0. The molecule has 10 heteroatoms. The molecule has 132 valence electrons. The molecule has 10 nitrogen and oxygen atoms in total. The number of aliphatic hydroxyl groups excluding tert-OH is 2. The van der Waals surface area contributed by atoms with Crippen LogP contribution in [0.2, 0.25) is 0 Å². The largest absolute Gasteiger partial charge is 0.387 e. The Morgan fingerprint density at radius 2 is 2.00 bits per heavy atom. The molecule has 5 N–H and O–H groups in total. The van der Waals surface area contributed by atoms with Gasteiger partial charge in [0.2, 0.25) is 0 Å². The minimum atomic E-state index is -1.36. The number of nitrogen functional groups attached to an aromatic ring is 1. The van der Waals surface area contributed by atoms with Gasteiger partial charge in [0.15, 0.2) is 6.23 Å². The number of amides is 1. The normalized spacial score (nSPS) is 25.7. The van der Waals surface area contributed by atoms with E-state index in [1.165, 1.54) is 24.7 Å². The summed E-state index contributed by atoms with van der Waals surface area (Å²) in [6.07, 6.45) is -0.373. The Labute approximate surface area is 141 Å². The molecule has 3 heterocycles. The first-order valence-corrected chi connectivity index (χ1v) is 7.52. The topological polar surface area (TPSA) is 153 Å². The van der Waals surface area contributed by atoms with Crippen molar-refractivity contribution in [2.45, 2.75) is 24.5 Å². The molecular formula is C15H17N5O5. The summed E-state index contributed by atoms with van der Waals surface area (Å²) in [5.41, 5.74) is 5.11. The zero-order valence-corrected chi connectivity index (χ0v) is 13.0. The lowest BCUT2D eigenvalue weighted by molar-refractivity contribution is -0.0386. The first kappa shape index (κ1) is 17.0. The minimum Gasteiger partial charge on any atom is -0.387 e. The number of nitrogens with zero attached hydrogens (tertiary/aromatic N) is 3. The number of carbonyl (C=O) groups is 1. The molecule has 0 unspecified atom stereocenters. The standard InChI is InChI=1S/C15H17N5O5/c16-10-3-6-20(15(24)19-10)14-12(22)11(21)9(25-14)7-18-13(23)8-1-4-17-5-2-8/h1-6,9,11-12,14,21-22H,7H2,(H,18,23)(H2,16,19,24)/t9-,11-,12-,14-/m1/s1. The fourth-order valence-corrected chi connectivity index (χ4v) is 2.55. The number of aliphatic hydroxyl groups is 2. The van der Waals surface area contributed by atoms with Crippen LogP contribution in [-0.2, 0) is 4.74 Å². The van der Waals surface area contributed by atoms with Crippen molar-refractivity contribution in [3.8, 4) is 0 Å². The summed E-state index contributed by atoms with van der Waals surface area (Å²) in [7, 11) is 0. The van der Waals surface area contributed by atoms with Gasteiger partial charge < -0.3 is 26.0 Å². The first-order valence-electron chi connectivity index (χ1n) is 7.52. The van der Waals surface area contributed by atoms with E-state index in [9.17, 15) is 19.8 Å². The van der Waals surface area contributed by atoms with E-state index in [0.717, 1.165) is 4.57 Å². The molecule has 0 aliphatic carbocycles. The van der Waals surface area contributed by atoms with Gasteiger partial charge in [0.05, 0.1) is 0 Å². The lowest BCUT2D eigenvalue weighted by atomic mass is 10.1. The van der Waals surface area contributed by atoms with E-state index < -0.39 is 30.2 Å². The highest BCUT2D eigenvalue weighted by Gasteiger charge is 2.44. The van der Waals surface area contributed by atoms with Gasteiger partial charge in [-0.25, -0.2) is 4.79 Å². The number of rotatable bonds is 4. The molecule has 3 rings (SSSR count). The predicted octanol–water partition coefficient (Wildman–Crippen LogP) is -1.73. The van der Waals surface area contributed by atoms with Crippen LogP contribution < -0.4 is 16.7 Å². The molecule has 0 saturated carbocycles. The van der Waals surface area contributed by atoms with Gasteiger partial charge in [0.1, 0.15) is 24.1 Å². The average Bonchev–Trinajstić information content (AvgIpc) is 2.89. The molecule has 1 aliphatic rings. The fourth-order valence-electron chi connectivity index (χ4n) is 2.55. The molecule has 1 saturated heterocycles. The Balaban J connectivity index is 1.68. The highest BCUT2D eigenvalue weighted by Crippen LogP contribution is 2.28. The molecule has 0 spiro atoms. The van der Waals surface area contributed by atoms with Crippen molar-refractivity contribution in [2.75, 3.05) is 12.3 Å². The monoisotopic (exact) mass is 347 g/mol. The fraction of sp³-hybridized carbons (Fsp3) is 0.333. The summed E-state index contributed by atoms with van der Waals surface area (Å²) in [6, 6.07) is 4.46. The highest BCUT2D eigenvalue weighted by atomic mass is 16.6. The maximum absolute atomic E-state index is 12.0. The van der Waals surface area contributed by atoms with Gasteiger partial charge >= 0.3 is 5.69 Å². The van der Waals surface area contributed by atoms with Crippen molar-refractivity contribution in [3.63, 3.8) is 0 Å². The molecule has 4 atom stereocenters. The van der Waals surface area contributed by atoms with Crippen LogP contribution >= 0.6 is 0 Å². The van der Waals surface area contributed by atoms with E-state index in [1.54, 1.807) is 12.1 Å². The van der Waals surface area contributed by atoms with Crippen molar-refractivity contribution >= 4 is 11.7 Å². The first-order chi connectivity index (χ1) is 12.0. The maximum atomic E-state index is 12.0. The van der Waals surface area contributed by atoms with E-state index in [2.05, 4.69) is 15.3 Å². The molecule has 2 aromatic heterocycles. The Bertz CT molecular complexity index is 811. The molecule has 0 radical (unpaired) electrons. The number of nitrogens with two attached hydrogens (primary N) is 1. The lowest BCUT2D eigenvalue weighted by Gasteiger charge is -2.17. The van der Waals surface area contributed by atoms with E-state index in [1.807, 2.05) is 0 Å². The second kappa shape index (κ2) is 6.97. The summed E-state index contributed by atoms with van der Waals surface area (Å²) >= 11 is 0. The molecule has 2 aromatic rings. The van der Waals surface area contributed by atoms with Crippen molar-refractivity contribution in [1.29, 1.82) is 0 Å². The van der Waals surface area contributed by atoms with Crippen LogP contribution in [-0.4, -0.2) is 55.5 Å². The summed E-state index contributed by atoms with van der Waals surface area (Å²) in [4.78, 5) is 31.2. The number of hydrogen-bond acceptors (Lipinski definition) is 8. The van der Waals surface area contributed by atoms with Crippen molar-refractivity contribution in [2.24, 2.45) is 0 Å². The van der Waals surface area contributed by atoms with Crippen molar-refractivity contribution < 1.29 is 19.7 Å². The zero-order valence-electron chi connectivity index (χ0n) is 13.0. The molecular weight excluding hydrogens is 330 g/mol. The smallest absolute Gasteiger partial charge is 0.351 e. The maximum Gasteiger partial charge on any atom is 0.351 e. The number of ether oxygens (including phenoxy) is 1. The summed E-state index contributed by atoms with van der Waals surface area (Å²) in [5.74, 6) is -0.335. The quantitative estimate of drug-likeness (QED) is 0.509. The van der Waals surface area contributed by atoms with Crippen LogP contribution in [0.4, 0.5) is 5.82 Å². The molecule has 0 bridgehead atoms. The predicted molar refractivity (Wildman–Crippen MR) is 85.4 cm³/mol. The molecule has 1 aliphatic heterocycles. The third-order valence-electron chi connectivity index (χ3n) is 3.87. The van der Waals surface area contributed by atoms with E-state index >= 15 is 0 Å². The summed E-state index contributed by atoms with van der Waals surface area (Å²) in [6.45, 7) is -0.0486. The Hall–Kier alpha value is -2.82. The Kier molecular flexibility index (Phi) is 4.74. The summed E-state index contributed by atoms with van der Waals surface area (Å²) in [5, 5.41) is 22.9. The van der Waals surface area contributed by atoms with Gasteiger partial charge in [-0.3, -0.25) is 14.3 Å². The second-order valence-electron chi connectivity index (χ2n) is 5.53. The third-order valence-corrected chi connectivity index (χ3v) is 3.87. The number of anilines is 1. The molecule has 1 fully saturated rings. The van der Waals surface area contributed by atoms with Crippen molar-refractivity contribution in [3.05, 3.63) is 52.8 Å². The van der Waals surface area contributed by atoms with Crippen LogP contribution in [0, 0.1) is 0 Å². The van der Waals surface area contributed by atoms with Crippen LogP contribution in [0.5, 0.6) is 0 Å². The van der Waals surface area contributed by atoms with Crippen LogP contribution in [0.15, 0.2) is 41.6 Å². The van der Waals surface area contributed by atoms with Crippen LogP contribution in [0.25, 0.3) is 0 Å². The van der Waals surface area contributed by atoms with Crippen LogP contribution in [0.1, 0.15) is 16.6 Å². The number of aromatic nitrogens is 3. The van der Waals surface area contributed by atoms with Crippen LogP contribution in [0.3, 0.4) is 0 Å². The SMILES string of the molecule is Nc1ccn([C@@H]2O[C@H](CNC(=O)c3ccncc3)[C@@H](O)[C@H]2O)c(=O)n1. The van der Waals surface area contributed by atoms with E-state index in [-0.39, 0.29) is 18.3 Å². The number of carbonyl (C=O) groups excluding carboxylic acids is 1. The lowest BCUT2D eigenvalue weighted by Crippen LogP contribution is -2.40. The number of hydrogen-bond donors (Lipinski definition) is 4. The van der Waals surface area contributed by atoms with Gasteiger partial charge in [0.25, 0.3) is 5.91 Å². The third kappa shape index (κ3) is 3.50. The van der Waals surface area contributed by atoms with Gasteiger partial charge in [0, 0.05) is 30.7 Å². The van der Waals surface area contributed by atoms with Gasteiger partial charge in [-0.1, -0.05) is 0 Å². The van der Waals surface area contributed by atoms with Gasteiger partial charge in [-0.15, -0.1) is 0 Å². The number of pyridine rings is 1. The highest BCUT2D eigenvalue weighted by molar-refractivity contribution is 5.93. The average molecular weight is 347 g/mol. The van der Waals surface area contributed by atoms with E-state index in [0.29, 0.717) is 5.56 Å². The van der Waals surface area contributed by atoms with Crippen molar-refractivity contribution in [1.82, 2.24) is 19.9 Å². The number of nitrogens with one attached hydrogen (secondary N) is 1. The van der Waals surface area contributed by atoms with Gasteiger partial charge in [-0.2, -0.15) is 4.98 Å². The minimum absolute atomic E-state index is 0.0375.